The van der Waals surface area contributed by atoms with E-state index in [9.17, 15) is 4.79 Å². The lowest BCUT2D eigenvalue weighted by molar-refractivity contribution is -0.133. The van der Waals surface area contributed by atoms with Crippen LogP contribution in [0.3, 0.4) is 0 Å². The van der Waals surface area contributed by atoms with Crippen LogP contribution in [-0.2, 0) is 11.3 Å². The van der Waals surface area contributed by atoms with Crippen LogP contribution in [0.1, 0.15) is 12.5 Å². The third-order valence-electron chi connectivity index (χ3n) is 3.80. The zero-order valence-electron chi connectivity index (χ0n) is 14.9. The van der Waals surface area contributed by atoms with Gasteiger partial charge in [0, 0.05) is 18.1 Å². The minimum atomic E-state index is -0.145. The second kappa shape index (κ2) is 9.55. The molecule has 0 radical (unpaired) electrons. The standard InChI is InChI=1S/C19H21Cl2NO4/c1-4-22(11-13-5-7-17(24-2)18(9-13)25-3)19(23)12-26-16-8-6-14(20)10-15(16)21/h5-10H,4,11-12H2,1-3H3. The molecule has 2 rings (SSSR count). The Hall–Kier alpha value is -2.11. The molecule has 0 atom stereocenters. The van der Waals surface area contributed by atoms with Gasteiger partial charge in [0.2, 0.25) is 0 Å². The molecule has 2 aromatic carbocycles. The Morgan fingerprint density at radius 2 is 1.69 bits per heavy atom. The molecule has 0 heterocycles. The summed E-state index contributed by atoms with van der Waals surface area (Å²) in [7, 11) is 3.16. The maximum absolute atomic E-state index is 12.5. The summed E-state index contributed by atoms with van der Waals surface area (Å²) >= 11 is 11.9. The summed E-state index contributed by atoms with van der Waals surface area (Å²) < 4.78 is 16.1. The second-order valence-corrected chi connectivity index (χ2v) is 6.30. The molecule has 5 nitrogen and oxygen atoms in total. The molecule has 0 fully saturated rings. The number of halogens is 2. The van der Waals surface area contributed by atoms with Gasteiger partial charge in [0.1, 0.15) is 5.75 Å². The Morgan fingerprint density at radius 3 is 2.31 bits per heavy atom. The maximum atomic E-state index is 12.5. The molecule has 0 spiro atoms. The molecule has 140 valence electrons. The maximum Gasteiger partial charge on any atom is 0.260 e. The quantitative estimate of drug-likeness (QED) is 0.660. The van der Waals surface area contributed by atoms with E-state index in [1.54, 1.807) is 37.3 Å². The highest BCUT2D eigenvalue weighted by atomic mass is 35.5. The molecule has 0 aliphatic heterocycles. The Balaban J connectivity index is 2.02. The van der Waals surface area contributed by atoms with Crippen molar-refractivity contribution in [2.24, 2.45) is 0 Å². The number of methoxy groups -OCH3 is 2. The van der Waals surface area contributed by atoms with Crippen LogP contribution in [0.15, 0.2) is 36.4 Å². The highest BCUT2D eigenvalue weighted by molar-refractivity contribution is 6.35. The van der Waals surface area contributed by atoms with Crippen molar-refractivity contribution in [3.63, 3.8) is 0 Å². The zero-order valence-corrected chi connectivity index (χ0v) is 16.4. The molecule has 2 aromatic rings. The van der Waals surface area contributed by atoms with E-state index in [1.165, 1.54) is 0 Å². The summed E-state index contributed by atoms with van der Waals surface area (Å²) in [5.41, 5.74) is 0.933. The fourth-order valence-corrected chi connectivity index (χ4v) is 2.86. The second-order valence-electron chi connectivity index (χ2n) is 5.46. The van der Waals surface area contributed by atoms with Gasteiger partial charge < -0.3 is 19.1 Å². The van der Waals surface area contributed by atoms with E-state index in [0.717, 1.165) is 5.56 Å². The first-order valence-electron chi connectivity index (χ1n) is 8.05. The van der Waals surface area contributed by atoms with Crippen LogP contribution in [0.25, 0.3) is 0 Å². The van der Waals surface area contributed by atoms with Gasteiger partial charge in [-0.3, -0.25) is 4.79 Å². The molecular weight excluding hydrogens is 377 g/mol. The number of hydrogen-bond acceptors (Lipinski definition) is 4. The van der Waals surface area contributed by atoms with Crippen molar-refractivity contribution in [2.75, 3.05) is 27.4 Å². The van der Waals surface area contributed by atoms with Crippen LogP contribution in [0.4, 0.5) is 0 Å². The lowest BCUT2D eigenvalue weighted by Gasteiger charge is -2.22. The van der Waals surface area contributed by atoms with E-state index >= 15 is 0 Å². The number of benzene rings is 2. The SMILES string of the molecule is CCN(Cc1ccc(OC)c(OC)c1)C(=O)COc1ccc(Cl)cc1Cl. The van der Waals surface area contributed by atoms with Gasteiger partial charge in [-0.25, -0.2) is 0 Å². The lowest BCUT2D eigenvalue weighted by atomic mass is 10.2. The van der Waals surface area contributed by atoms with Gasteiger partial charge in [0.25, 0.3) is 5.91 Å². The van der Waals surface area contributed by atoms with Crippen LogP contribution in [0.5, 0.6) is 17.2 Å². The van der Waals surface area contributed by atoms with Crippen molar-refractivity contribution in [3.8, 4) is 17.2 Å². The van der Waals surface area contributed by atoms with E-state index in [1.807, 2.05) is 25.1 Å². The minimum absolute atomic E-state index is 0.109. The number of hydrogen-bond donors (Lipinski definition) is 0. The van der Waals surface area contributed by atoms with E-state index in [0.29, 0.717) is 40.4 Å². The number of nitrogens with zero attached hydrogens (tertiary/aromatic N) is 1. The van der Waals surface area contributed by atoms with Crippen LogP contribution in [-0.4, -0.2) is 38.2 Å². The van der Waals surface area contributed by atoms with Gasteiger partial charge >= 0.3 is 0 Å². The molecule has 1 amide bonds. The molecular formula is C19H21Cl2NO4. The number of carbonyl (C=O) groups is 1. The summed E-state index contributed by atoms with van der Waals surface area (Å²) in [4.78, 5) is 14.2. The van der Waals surface area contributed by atoms with Gasteiger partial charge in [-0.2, -0.15) is 0 Å². The predicted molar refractivity (Wildman–Crippen MR) is 103 cm³/mol. The summed E-state index contributed by atoms with van der Waals surface area (Å²) in [5.74, 6) is 1.55. The van der Waals surface area contributed by atoms with E-state index in [2.05, 4.69) is 0 Å². The molecule has 7 heteroatoms. The number of carbonyl (C=O) groups excluding carboxylic acids is 1. The van der Waals surface area contributed by atoms with Gasteiger partial charge in [0.05, 0.1) is 19.2 Å². The number of amides is 1. The fourth-order valence-electron chi connectivity index (χ4n) is 2.40. The van der Waals surface area contributed by atoms with Crippen LogP contribution in [0, 0.1) is 0 Å². The van der Waals surface area contributed by atoms with Crippen molar-refractivity contribution in [1.29, 1.82) is 0 Å². The van der Waals surface area contributed by atoms with Gasteiger partial charge in [-0.15, -0.1) is 0 Å². The minimum Gasteiger partial charge on any atom is -0.493 e. The fraction of sp³-hybridized carbons (Fsp3) is 0.316. The molecule has 0 aliphatic rings. The molecule has 0 saturated carbocycles. The van der Waals surface area contributed by atoms with Gasteiger partial charge in [-0.05, 0) is 42.8 Å². The van der Waals surface area contributed by atoms with E-state index in [-0.39, 0.29) is 12.5 Å². The van der Waals surface area contributed by atoms with Crippen LogP contribution >= 0.6 is 23.2 Å². The molecule has 0 saturated heterocycles. The highest BCUT2D eigenvalue weighted by Gasteiger charge is 2.15. The highest BCUT2D eigenvalue weighted by Crippen LogP contribution is 2.29. The van der Waals surface area contributed by atoms with Crippen LogP contribution in [0.2, 0.25) is 10.0 Å². The summed E-state index contributed by atoms with van der Waals surface area (Å²) in [5, 5.41) is 0.880. The Bertz CT molecular complexity index is 767. The van der Waals surface area contributed by atoms with Crippen LogP contribution < -0.4 is 14.2 Å². The first-order valence-corrected chi connectivity index (χ1v) is 8.80. The third-order valence-corrected chi connectivity index (χ3v) is 4.33. The molecule has 0 aliphatic carbocycles. The Kier molecular flexibility index (Phi) is 7.42. The first kappa shape index (κ1) is 20.2. The van der Waals surface area contributed by atoms with Crippen molar-refractivity contribution >= 4 is 29.1 Å². The zero-order chi connectivity index (χ0) is 19.1. The van der Waals surface area contributed by atoms with E-state index < -0.39 is 0 Å². The van der Waals surface area contributed by atoms with Crippen molar-refractivity contribution < 1.29 is 19.0 Å². The topological polar surface area (TPSA) is 48.0 Å². The monoisotopic (exact) mass is 397 g/mol. The largest absolute Gasteiger partial charge is 0.493 e. The number of rotatable bonds is 8. The first-order chi connectivity index (χ1) is 12.5. The molecule has 0 aromatic heterocycles. The summed E-state index contributed by atoms with van der Waals surface area (Å²) in [6.07, 6.45) is 0. The lowest BCUT2D eigenvalue weighted by Crippen LogP contribution is -2.34. The Morgan fingerprint density at radius 1 is 1.00 bits per heavy atom. The van der Waals surface area contributed by atoms with E-state index in [4.69, 9.17) is 37.4 Å². The third kappa shape index (κ3) is 5.19. The predicted octanol–water partition coefficient (Wildman–Crippen LogP) is 4.44. The smallest absolute Gasteiger partial charge is 0.260 e. The van der Waals surface area contributed by atoms with Gasteiger partial charge in [-0.1, -0.05) is 29.3 Å². The normalized spacial score (nSPS) is 10.3. The Labute approximate surface area is 163 Å². The molecule has 0 N–H and O–H groups in total. The molecule has 0 unspecified atom stereocenters. The molecule has 0 bridgehead atoms. The van der Waals surface area contributed by atoms with Crippen molar-refractivity contribution in [1.82, 2.24) is 4.90 Å². The number of ether oxygens (including phenoxy) is 3. The van der Waals surface area contributed by atoms with Crippen molar-refractivity contribution in [2.45, 2.75) is 13.5 Å². The average molecular weight is 398 g/mol. The summed E-state index contributed by atoms with van der Waals surface area (Å²) in [6, 6.07) is 10.4. The average Bonchev–Trinajstić information content (AvgIpc) is 2.64. The van der Waals surface area contributed by atoms with Crippen molar-refractivity contribution in [3.05, 3.63) is 52.0 Å². The summed E-state index contributed by atoms with van der Waals surface area (Å²) in [6.45, 7) is 2.79. The van der Waals surface area contributed by atoms with Gasteiger partial charge in [0.15, 0.2) is 18.1 Å². The number of likely N-dealkylation sites (N-methyl/N-ethyl adjacent to an activating group) is 1. The molecule has 26 heavy (non-hydrogen) atoms.